The second-order valence-corrected chi connectivity index (χ2v) is 3.59. The van der Waals surface area contributed by atoms with Gasteiger partial charge in [0.15, 0.2) is 11.5 Å². The lowest BCUT2D eigenvalue weighted by Gasteiger charge is -2.09. The van der Waals surface area contributed by atoms with Crippen LogP contribution in [0.2, 0.25) is 0 Å². The van der Waals surface area contributed by atoms with Crippen LogP contribution < -0.4 is 9.47 Å². The molecule has 1 aromatic carbocycles. The minimum Gasteiger partial charge on any atom is -0.493 e. The maximum atomic E-state index is 11.6. The molecule has 0 spiro atoms. The summed E-state index contributed by atoms with van der Waals surface area (Å²) in [5, 5.41) is 0. The lowest BCUT2D eigenvalue weighted by Crippen LogP contribution is -2.10. The van der Waals surface area contributed by atoms with Crippen LogP contribution >= 0.6 is 0 Å². The first kappa shape index (κ1) is 13.3. The molecular weight excluding hydrogens is 224 g/mol. The summed E-state index contributed by atoms with van der Waals surface area (Å²) in [7, 11) is 3.02. The summed E-state index contributed by atoms with van der Waals surface area (Å²) >= 11 is 0. The van der Waals surface area contributed by atoms with Crippen LogP contribution in [0.5, 0.6) is 11.5 Å². The van der Waals surface area contributed by atoms with E-state index in [-0.39, 0.29) is 6.10 Å². The van der Waals surface area contributed by atoms with Gasteiger partial charge in [0.05, 0.1) is 25.9 Å². The van der Waals surface area contributed by atoms with E-state index >= 15 is 0 Å². The molecule has 0 amide bonds. The number of benzene rings is 1. The van der Waals surface area contributed by atoms with Crippen LogP contribution in [0, 0.1) is 0 Å². The number of carbonyl (C=O) groups excluding carboxylic acids is 1. The number of hydrogen-bond acceptors (Lipinski definition) is 5. The number of carbonyl (C=O) groups is 1. The molecular formula is C12H16O5. The van der Waals surface area contributed by atoms with Crippen molar-refractivity contribution in [2.24, 2.45) is 0 Å². The maximum absolute atomic E-state index is 11.6. The molecule has 5 heteroatoms. The van der Waals surface area contributed by atoms with E-state index in [1.54, 1.807) is 26.0 Å². The Morgan fingerprint density at radius 1 is 1.12 bits per heavy atom. The summed E-state index contributed by atoms with van der Waals surface area (Å²) in [6.07, 6.45) is -0.181. The van der Waals surface area contributed by atoms with Gasteiger partial charge in [-0.1, -0.05) is 0 Å². The van der Waals surface area contributed by atoms with Gasteiger partial charge in [0, 0.05) is 0 Å². The van der Waals surface area contributed by atoms with Crippen molar-refractivity contribution in [1.29, 1.82) is 0 Å². The van der Waals surface area contributed by atoms with Gasteiger partial charge in [-0.05, 0) is 32.0 Å². The fraction of sp³-hybridized carbons (Fsp3) is 0.417. The fourth-order valence-electron chi connectivity index (χ4n) is 1.15. The first-order valence-corrected chi connectivity index (χ1v) is 5.18. The van der Waals surface area contributed by atoms with Crippen molar-refractivity contribution in [3.63, 3.8) is 0 Å². The van der Waals surface area contributed by atoms with Crippen molar-refractivity contribution in [3.05, 3.63) is 23.8 Å². The largest absolute Gasteiger partial charge is 0.493 e. The molecule has 94 valence electrons. The van der Waals surface area contributed by atoms with Crippen molar-refractivity contribution in [2.45, 2.75) is 20.0 Å². The molecule has 0 aliphatic rings. The summed E-state index contributed by atoms with van der Waals surface area (Å²) < 4.78 is 10.1. The zero-order chi connectivity index (χ0) is 12.8. The van der Waals surface area contributed by atoms with Crippen LogP contribution in [0.1, 0.15) is 24.2 Å². The highest BCUT2D eigenvalue weighted by Crippen LogP contribution is 2.27. The third-order valence-electron chi connectivity index (χ3n) is 1.94. The van der Waals surface area contributed by atoms with Crippen LogP contribution in [0.3, 0.4) is 0 Å². The average molecular weight is 240 g/mol. The molecule has 0 aliphatic carbocycles. The Hall–Kier alpha value is -1.75. The normalized spacial score (nSPS) is 10.2. The number of hydrogen-bond donors (Lipinski definition) is 0. The van der Waals surface area contributed by atoms with E-state index in [9.17, 15) is 4.79 Å². The second-order valence-electron chi connectivity index (χ2n) is 3.59. The molecule has 0 fully saturated rings. The molecule has 0 aromatic heterocycles. The van der Waals surface area contributed by atoms with Crippen molar-refractivity contribution in [1.82, 2.24) is 0 Å². The molecule has 1 rings (SSSR count). The summed E-state index contributed by atoms with van der Waals surface area (Å²) in [5.74, 6) is 0.444. The number of methoxy groups -OCH3 is 2. The summed E-state index contributed by atoms with van der Waals surface area (Å²) in [6, 6.07) is 4.74. The van der Waals surface area contributed by atoms with E-state index in [4.69, 9.17) is 14.4 Å². The highest BCUT2D eigenvalue weighted by molar-refractivity contribution is 5.89. The molecule has 5 nitrogen and oxygen atoms in total. The number of rotatable bonds is 5. The molecule has 0 atom stereocenters. The van der Waals surface area contributed by atoms with E-state index in [0.717, 1.165) is 0 Å². The Bertz CT molecular complexity index is 386. The van der Waals surface area contributed by atoms with Gasteiger partial charge in [-0.25, -0.2) is 4.79 Å². The maximum Gasteiger partial charge on any atom is 0.373 e. The summed E-state index contributed by atoms with van der Waals surface area (Å²) in [5.41, 5.74) is 0.336. The molecule has 0 radical (unpaired) electrons. The van der Waals surface area contributed by atoms with Crippen LogP contribution in [-0.4, -0.2) is 26.3 Å². The van der Waals surface area contributed by atoms with Crippen molar-refractivity contribution < 1.29 is 24.0 Å². The highest BCUT2D eigenvalue weighted by Gasteiger charge is 2.13. The Labute approximate surface area is 100 Å². The van der Waals surface area contributed by atoms with Gasteiger partial charge in [-0.3, -0.25) is 4.89 Å². The number of ether oxygens (including phenoxy) is 2. The average Bonchev–Trinajstić information content (AvgIpc) is 2.34. The van der Waals surface area contributed by atoms with Crippen LogP contribution in [0.4, 0.5) is 0 Å². The molecule has 17 heavy (non-hydrogen) atoms. The van der Waals surface area contributed by atoms with E-state index in [0.29, 0.717) is 17.1 Å². The zero-order valence-electron chi connectivity index (χ0n) is 10.4. The molecule has 0 saturated heterocycles. The van der Waals surface area contributed by atoms with Crippen LogP contribution in [0.25, 0.3) is 0 Å². The van der Waals surface area contributed by atoms with Crippen LogP contribution in [-0.2, 0) is 9.78 Å². The van der Waals surface area contributed by atoms with E-state index in [2.05, 4.69) is 4.89 Å². The lowest BCUT2D eigenvalue weighted by molar-refractivity contribution is -0.265. The first-order valence-electron chi connectivity index (χ1n) is 5.18. The van der Waals surface area contributed by atoms with Gasteiger partial charge >= 0.3 is 5.97 Å². The van der Waals surface area contributed by atoms with Gasteiger partial charge in [-0.2, -0.15) is 4.89 Å². The molecule has 0 unspecified atom stereocenters. The molecule has 1 aromatic rings. The van der Waals surface area contributed by atoms with Gasteiger partial charge in [0.1, 0.15) is 0 Å². The minimum absolute atomic E-state index is 0.181. The first-order chi connectivity index (χ1) is 8.08. The molecule has 0 aliphatic heterocycles. The quantitative estimate of drug-likeness (QED) is 0.583. The summed E-state index contributed by atoms with van der Waals surface area (Å²) in [4.78, 5) is 21.0. The van der Waals surface area contributed by atoms with Crippen LogP contribution in [0.15, 0.2) is 18.2 Å². The van der Waals surface area contributed by atoms with E-state index < -0.39 is 5.97 Å². The Balaban J connectivity index is 2.81. The van der Waals surface area contributed by atoms with Crippen molar-refractivity contribution in [3.8, 4) is 11.5 Å². The topological polar surface area (TPSA) is 54.0 Å². The predicted molar refractivity (Wildman–Crippen MR) is 61.2 cm³/mol. The zero-order valence-corrected chi connectivity index (χ0v) is 10.4. The van der Waals surface area contributed by atoms with Crippen molar-refractivity contribution in [2.75, 3.05) is 14.2 Å². The SMILES string of the molecule is COc1ccc(C(=O)OOC(C)C)cc1OC. The summed E-state index contributed by atoms with van der Waals surface area (Å²) in [6.45, 7) is 3.53. The molecule has 0 bridgehead atoms. The predicted octanol–water partition coefficient (Wildman–Crippen LogP) is 2.20. The Kier molecular flexibility index (Phi) is 4.78. The van der Waals surface area contributed by atoms with Gasteiger partial charge < -0.3 is 9.47 Å². The molecule has 0 N–H and O–H groups in total. The highest BCUT2D eigenvalue weighted by atomic mass is 17.2. The fourth-order valence-corrected chi connectivity index (χ4v) is 1.15. The lowest BCUT2D eigenvalue weighted by atomic mass is 10.2. The monoisotopic (exact) mass is 240 g/mol. The van der Waals surface area contributed by atoms with Gasteiger partial charge in [0.2, 0.25) is 0 Å². The smallest absolute Gasteiger partial charge is 0.373 e. The standard InChI is InChI=1S/C12H16O5/c1-8(2)16-17-12(13)9-5-6-10(14-3)11(7-9)15-4/h5-8H,1-4H3. The van der Waals surface area contributed by atoms with Gasteiger partial charge in [0.25, 0.3) is 0 Å². The Morgan fingerprint density at radius 3 is 2.29 bits per heavy atom. The molecule has 0 heterocycles. The third kappa shape index (κ3) is 3.64. The van der Waals surface area contributed by atoms with E-state index in [1.807, 2.05) is 0 Å². The minimum atomic E-state index is -0.570. The molecule has 0 saturated carbocycles. The Morgan fingerprint density at radius 2 is 1.76 bits per heavy atom. The van der Waals surface area contributed by atoms with Crippen molar-refractivity contribution >= 4 is 5.97 Å². The van der Waals surface area contributed by atoms with Gasteiger partial charge in [-0.15, -0.1) is 0 Å². The second kappa shape index (κ2) is 6.10. The third-order valence-corrected chi connectivity index (χ3v) is 1.94. The van der Waals surface area contributed by atoms with E-state index in [1.165, 1.54) is 20.3 Å².